The summed E-state index contributed by atoms with van der Waals surface area (Å²) in [5, 5.41) is 6.93. The maximum Gasteiger partial charge on any atom is 0.279 e. The number of benzene rings is 1. The average Bonchev–Trinajstić information content (AvgIpc) is 3.38. The van der Waals surface area contributed by atoms with Gasteiger partial charge in [0.2, 0.25) is 0 Å². The molecule has 0 saturated heterocycles. The number of nitrogens with zero attached hydrogens (tertiary/aromatic N) is 4. The van der Waals surface area contributed by atoms with Crippen LogP contribution in [0, 0.1) is 0 Å². The zero-order chi connectivity index (χ0) is 20.6. The summed E-state index contributed by atoms with van der Waals surface area (Å²) in [4.78, 5) is 4.80. The van der Waals surface area contributed by atoms with Gasteiger partial charge >= 0.3 is 0 Å². The van der Waals surface area contributed by atoms with Crippen molar-refractivity contribution in [3.63, 3.8) is 0 Å². The summed E-state index contributed by atoms with van der Waals surface area (Å²) in [5.74, 6) is 0. The molecule has 0 radical (unpaired) electrons. The van der Waals surface area contributed by atoms with Crippen molar-refractivity contribution in [3.05, 3.63) is 52.2 Å². The molecular formula is C19H23N5O3S2. The SMILES string of the molecule is CON=Cc1ccc2c(c1)c1c(n2Cc2ccsn2)CC(NS(=O)(=O)N(C)C)C1. The molecule has 1 aromatic carbocycles. The third kappa shape index (κ3) is 3.93. The monoisotopic (exact) mass is 433 g/mol. The highest BCUT2D eigenvalue weighted by atomic mass is 32.2. The lowest BCUT2D eigenvalue weighted by molar-refractivity contribution is 0.215. The lowest BCUT2D eigenvalue weighted by atomic mass is 10.1. The minimum Gasteiger partial charge on any atom is -0.399 e. The fraction of sp³-hybridized carbons (Fsp3) is 0.368. The summed E-state index contributed by atoms with van der Waals surface area (Å²) < 4.78 is 35.3. The lowest BCUT2D eigenvalue weighted by Gasteiger charge is -2.18. The van der Waals surface area contributed by atoms with E-state index in [1.165, 1.54) is 42.6 Å². The Bertz CT molecular complexity index is 1150. The number of aromatic nitrogens is 2. The van der Waals surface area contributed by atoms with E-state index in [1.807, 2.05) is 17.5 Å². The molecule has 0 aliphatic heterocycles. The number of nitrogens with one attached hydrogen (secondary N) is 1. The van der Waals surface area contributed by atoms with Crippen LogP contribution < -0.4 is 4.72 Å². The standard InChI is InChI=1S/C19H23N5O3S2/c1-23(2)29(25,26)22-15-9-17-16-8-13(11-20-27-3)4-5-18(16)24(19(17)10-15)12-14-6-7-28-21-14/h4-8,11,15,22H,9-10,12H2,1-3H3. The molecule has 4 rings (SSSR count). The lowest BCUT2D eigenvalue weighted by Crippen LogP contribution is -2.42. The Balaban J connectivity index is 1.75. The van der Waals surface area contributed by atoms with Gasteiger partial charge in [0.05, 0.1) is 18.5 Å². The second kappa shape index (κ2) is 7.86. The van der Waals surface area contributed by atoms with Crippen LogP contribution >= 0.6 is 11.5 Å². The van der Waals surface area contributed by atoms with Gasteiger partial charge in [-0.25, -0.2) is 0 Å². The molecule has 0 saturated carbocycles. The van der Waals surface area contributed by atoms with Crippen molar-refractivity contribution in [1.82, 2.24) is 18.0 Å². The number of oxime groups is 1. The molecule has 1 atom stereocenters. The summed E-state index contributed by atoms with van der Waals surface area (Å²) in [6, 6.07) is 8.01. The Morgan fingerprint density at radius 3 is 2.90 bits per heavy atom. The Labute approximate surface area is 174 Å². The Kier molecular flexibility index (Phi) is 5.43. The minimum atomic E-state index is -3.49. The molecule has 1 unspecified atom stereocenters. The quantitative estimate of drug-likeness (QED) is 0.456. The van der Waals surface area contributed by atoms with Crippen LogP contribution in [0.3, 0.4) is 0 Å². The van der Waals surface area contributed by atoms with Crippen LogP contribution in [0.5, 0.6) is 0 Å². The molecular weight excluding hydrogens is 410 g/mol. The average molecular weight is 434 g/mol. The third-order valence-corrected chi connectivity index (χ3v) is 7.31. The Morgan fingerprint density at radius 2 is 2.21 bits per heavy atom. The molecule has 1 N–H and O–H groups in total. The van der Waals surface area contributed by atoms with Gasteiger partial charge < -0.3 is 9.40 Å². The van der Waals surface area contributed by atoms with E-state index in [0.29, 0.717) is 19.4 Å². The van der Waals surface area contributed by atoms with Crippen LogP contribution in [-0.4, -0.2) is 55.1 Å². The zero-order valence-corrected chi connectivity index (χ0v) is 18.1. The summed E-state index contributed by atoms with van der Waals surface area (Å²) in [5.41, 5.74) is 5.38. The molecule has 0 spiro atoms. The second-order valence-corrected chi connectivity index (χ2v) is 9.79. The van der Waals surface area contributed by atoms with Crippen LogP contribution in [0.2, 0.25) is 0 Å². The van der Waals surface area contributed by atoms with Crippen molar-refractivity contribution in [2.45, 2.75) is 25.4 Å². The fourth-order valence-corrected chi connectivity index (χ4v) is 5.09. The molecule has 1 aliphatic rings. The molecule has 0 amide bonds. The Hall–Kier alpha value is -2.27. The Morgan fingerprint density at radius 1 is 1.38 bits per heavy atom. The summed E-state index contributed by atoms with van der Waals surface area (Å²) >= 11 is 1.43. The highest BCUT2D eigenvalue weighted by molar-refractivity contribution is 7.87. The molecule has 10 heteroatoms. The highest BCUT2D eigenvalue weighted by Crippen LogP contribution is 2.34. The largest absolute Gasteiger partial charge is 0.399 e. The topological polar surface area (TPSA) is 88.8 Å². The number of hydrogen-bond acceptors (Lipinski definition) is 6. The van der Waals surface area contributed by atoms with Gasteiger partial charge in [-0.15, -0.1) is 0 Å². The first-order valence-electron chi connectivity index (χ1n) is 9.18. The molecule has 8 nitrogen and oxygen atoms in total. The van der Waals surface area contributed by atoms with Gasteiger partial charge in [-0.1, -0.05) is 11.2 Å². The van der Waals surface area contributed by atoms with Gasteiger partial charge in [0.25, 0.3) is 10.2 Å². The predicted octanol–water partition coefficient (Wildman–Crippen LogP) is 1.99. The third-order valence-electron chi connectivity index (χ3n) is 5.12. The number of hydrogen-bond donors (Lipinski definition) is 1. The van der Waals surface area contributed by atoms with Crippen LogP contribution in [0.1, 0.15) is 22.5 Å². The molecule has 0 bridgehead atoms. The smallest absolute Gasteiger partial charge is 0.279 e. The number of fused-ring (bicyclic) bond motifs is 3. The van der Waals surface area contributed by atoms with Crippen molar-refractivity contribution in [3.8, 4) is 0 Å². The van der Waals surface area contributed by atoms with E-state index in [4.69, 9.17) is 4.84 Å². The fourth-order valence-electron chi connectivity index (χ4n) is 3.76. The van der Waals surface area contributed by atoms with E-state index in [-0.39, 0.29) is 6.04 Å². The van der Waals surface area contributed by atoms with E-state index in [2.05, 4.69) is 31.0 Å². The van der Waals surface area contributed by atoms with E-state index in [1.54, 1.807) is 6.21 Å². The van der Waals surface area contributed by atoms with Gasteiger partial charge in [0.1, 0.15) is 7.11 Å². The van der Waals surface area contributed by atoms with Gasteiger partial charge in [0, 0.05) is 48.5 Å². The van der Waals surface area contributed by atoms with Gasteiger partial charge in [-0.3, -0.25) is 0 Å². The first-order valence-corrected chi connectivity index (χ1v) is 11.5. The van der Waals surface area contributed by atoms with Crippen molar-refractivity contribution >= 4 is 38.9 Å². The van der Waals surface area contributed by atoms with Crippen LogP contribution in [0.25, 0.3) is 10.9 Å². The molecule has 0 fully saturated rings. The maximum absolute atomic E-state index is 12.3. The van der Waals surface area contributed by atoms with Crippen molar-refractivity contribution < 1.29 is 13.3 Å². The van der Waals surface area contributed by atoms with Crippen LogP contribution in [-0.2, 0) is 34.4 Å². The van der Waals surface area contributed by atoms with Crippen molar-refractivity contribution in [2.75, 3.05) is 21.2 Å². The summed E-state index contributed by atoms with van der Waals surface area (Å²) in [6.45, 7) is 0.661. The second-order valence-electron chi connectivity index (χ2n) is 7.21. The van der Waals surface area contributed by atoms with E-state index in [9.17, 15) is 8.42 Å². The van der Waals surface area contributed by atoms with Crippen LogP contribution in [0.4, 0.5) is 0 Å². The number of rotatable bonds is 7. The normalized spacial score (nSPS) is 16.9. The van der Waals surface area contributed by atoms with Gasteiger partial charge in [-0.05, 0) is 47.3 Å². The van der Waals surface area contributed by atoms with Gasteiger partial charge in [0.15, 0.2) is 0 Å². The maximum atomic E-state index is 12.3. The molecule has 2 heterocycles. The first-order chi connectivity index (χ1) is 13.9. The summed E-state index contributed by atoms with van der Waals surface area (Å²) in [7, 11) is 1.09. The highest BCUT2D eigenvalue weighted by Gasteiger charge is 2.31. The molecule has 154 valence electrons. The minimum absolute atomic E-state index is 0.171. The molecule has 2 aromatic heterocycles. The van der Waals surface area contributed by atoms with Gasteiger partial charge in [-0.2, -0.15) is 21.8 Å². The van der Waals surface area contributed by atoms with E-state index >= 15 is 0 Å². The first kappa shape index (κ1) is 20.0. The summed E-state index contributed by atoms with van der Waals surface area (Å²) in [6.07, 6.45) is 2.96. The van der Waals surface area contributed by atoms with E-state index in [0.717, 1.165) is 27.9 Å². The molecule has 29 heavy (non-hydrogen) atoms. The predicted molar refractivity (Wildman–Crippen MR) is 115 cm³/mol. The van der Waals surface area contributed by atoms with Crippen LogP contribution in [0.15, 0.2) is 34.8 Å². The molecule has 3 aromatic rings. The van der Waals surface area contributed by atoms with Crippen molar-refractivity contribution in [2.24, 2.45) is 5.16 Å². The zero-order valence-electron chi connectivity index (χ0n) is 16.5. The van der Waals surface area contributed by atoms with E-state index < -0.39 is 10.2 Å². The molecule has 1 aliphatic carbocycles. The van der Waals surface area contributed by atoms with Crippen molar-refractivity contribution in [1.29, 1.82) is 0 Å².